The maximum absolute atomic E-state index is 13.1. The lowest BCUT2D eigenvalue weighted by atomic mass is 10.1. The molecule has 1 aromatic carbocycles. The Kier molecular flexibility index (Phi) is 7.65. The van der Waals surface area contributed by atoms with Crippen molar-refractivity contribution in [3.63, 3.8) is 0 Å². The number of urea groups is 1. The van der Waals surface area contributed by atoms with E-state index < -0.39 is 10.0 Å². The summed E-state index contributed by atoms with van der Waals surface area (Å²) in [6.07, 6.45) is 2.79. The Bertz CT molecular complexity index is 982. The zero-order valence-electron chi connectivity index (χ0n) is 17.7. The normalized spacial score (nSPS) is 16.3. The number of thiazole rings is 1. The highest BCUT2D eigenvalue weighted by atomic mass is 32.2. The van der Waals surface area contributed by atoms with Gasteiger partial charge in [-0.1, -0.05) is 13.3 Å². The van der Waals surface area contributed by atoms with Crippen LogP contribution in [0.3, 0.4) is 0 Å². The summed E-state index contributed by atoms with van der Waals surface area (Å²) < 4.78 is 28.0. The lowest BCUT2D eigenvalue weighted by Gasteiger charge is -2.34. The zero-order valence-corrected chi connectivity index (χ0v) is 20.2. The third kappa shape index (κ3) is 5.46. The number of unbranched alkanes of at least 4 members (excludes halogenated alkanes) is 1. The van der Waals surface area contributed by atoms with Gasteiger partial charge in [0.05, 0.1) is 16.0 Å². The van der Waals surface area contributed by atoms with E-state index in [1.54, 1.807) is 9.21 Å². The molecule has 0 radical (unpaired) electrons. The Morgan fingerprint density at radius 3 is 2.70 bits per heavy atom. The molecular formula is C20H30N4O3S3. The van der Waals surface area contributed by atoms with Crippen molar-refractivity contribution < 1.29 is 13.2 Å². The van der Waals surface area contributed by atoms with Crippen molar-refractivity contribution in [2.24, 2.45) is 0 Å². The Morgan fingerprint density at radius 2 is 2.07 bits per heavy atom. The average molecular weight is 471 g/mol. The SMILES string of the molecule is CCCCS(=O)(=O)N1CCC(NC(=O)N(c2ccc3nc(S)sc3c2)C(C)C)CC1. The van der Waals surface area contributed by atoms with E-state index in [0.29, 0.717) is 36.7 Å². The third-order valence-corrected chi connectivity index (χ3v) is 8.46. The smallest absolute Gasteiger partial charge is 0.322 e. The van der Waals surface area contributed by atoms with Gasteiger partial charge < -0.3 is 5.32 Å². The van der Waals surface area contributed by atoms with Crippen molar-refractivity contribution in [1.29, 1.82) is 0 Å². The number of nitrogens with one attached hydrogen (secondary N) is 1. The first-order chi connectivity index (χ1) is 14.2. The number of carbonyl (C=O) groups is 1. The quantitative estimate of drug-likeness (QED) is 0.597. The minimum Gasteiger partial charge on any atom is -0.335 e. The lowest BCUT2D eigenvalue weighted by Crippen LogP contribution is -2.52. The van der Waals surface area contributed by atoms with Crippen LogP contribution >= 0.6 is 24.0 Å². The molecule has 0 saturated carbocycles. The van der Waals surface area contributed by atoms with Crippen LogP contribution in [0.25, 0.3) is 10.2 Å². The standard InChI is InChI=1S/C20H30N4O3S3/c1-4-5-12-30(26,27)23-10-8-15(9-11-23)21-19(25)24(14(2)3)16-6-7-17-18(13-16)29-20(28)22-17/h6-7,13-15H,4-5,8-12H2,1-3H3,(H,21,25)(H,22,28). The van der Waals surface area contributed by atoms with Gasteiger partial charge in [0.15, 0.2) is 0 Å². The van der Waals surface area contributed by atoms with E-state index in [4.69, 9.17) is 0 Å². The molecule has 2 aromatic rings. The van der Waals surface area contributed by atoms with Gasteiger partial charge in [0.1, 0.15) is 4.34 Å². The Labute approximate surface area is 188 Å². The number of aromatic nitrogens is 1. The number of sulfonamides is 1. The maximum atomic E-state index is 13.1. The molecule has 10 heteroatoms. The van der Waals surface area contributed by atoms with Crippen LogP contribution in [0.15, 0.2) is 22.5 Å². The molecule has 7 nitrogen and oxygen atoms in total. The van der Waals surface area contributed by atoms with Gasteiger partial charge in [0, 0.05) is 30.9 Å². The van der Waals surface area contributed by atoms with Crippen molar-refractivity contribution in [3.05, 3.63) is 18.2 Å². The minimum absolute atomic E-state index is 0.0274. The van der Waals surface area contributed by atoms with Gasteiger partial charge in [-0.25, -0.2) is 22.5 Å². The number of fused-ring (bicyclic) bond motifs is 1. The molecule has 2 amide bonds. The fourth-order valence-corrected chi connectivity index (χ4v) is 6.50. The summed E-state index contributed by atoms with van der Waals surface area (Å²) in [5.74, 6) is 0.204. The van der Waals surface area contributed by atoms with Gasteiger partial charge in [-0.15, -0.1) is 24.0 Å². The number of benzene rings is 1. The van der Waals surface area contributed by atoms with Crippen molar-refractivity contribution in [2.45, 2.75) is 62.9 Å². The number of rotatable bonds is 7. The highest BCUT2D eigenvalue weighted by molar-refractivity contribution is 7.89. The van der Waals surface area contributed by atoms with E-state index >= 15 is 0 Å². The predicted octanol–water partition coefficient (Wildman–Crippen LogP) is 4.10. The van der Waals surface area contributed by atoms with Crippen molar-refractivity contribution >= 4 is 55.9 Å². The number of nitrogens with zero attached hydrogens (tertiary/aromatic N) is 3. The molecular weight excluding hydrogens is 440 g/mol. The molecule has 1 aliphatic rings. The van der Waals surface area contributed by atoms with Crippen LogP contribution in [0, 0.1) is 0 Å². The molecule has 1 aromatic heterocycles. The Balaban J connectivity index is 1.64. The van der Waals surface area contributed by atoms with Crippen molar-refractivity contribution in [1.82, 2.24) is 14.6 Å². The number of thiol groups is 1. The highest BCUT2D eigenvalue weighted by Crippen LogP contribution is 2.29. The van der Waals surface area contributed by atoms with Gasteiger partial charge in [-0.05, 0) is 51.3 Å². The van der Waals surface area contributed by atoms with E-state index in [2.05, 4.69) is 22.9 Å². The summed E-state index contributed by atoms with van der Waals surface area (Å²) in [6.45, 7) is 6.85. The number of anilines is 1. The molecule has 2 heterocycles. The number of amides is 2. The van der Waals surface area contributed by atoms with Crippen LogP contribution < -0.4 is 10.2 Å². The summed E-state index contributed by atoms with van der Waals surface area (Å²) in [5.41, 5.74) is 1.68. The minimum atomic E-state index is -3.19. The monoisotopic (exact) mass is 470 g/mol. The van der Waals surface area contributed by atoms with Crippen LogP contribution in [0.1, 0.15) is 46.5 Å². The molecule has 30 heavy (non-hydrogen) atoms. The second kappa shape index (κ2) is 9.84. The van der Waals surface area contributed by atoms with Crippen LogP contribution in [-0.4, -0.2) is 54.7 Å². The van der Waals surface area contributed by atoms with Crippen LogP contribution in [0.2, 0.25) is 0 Å². The largest absolute Gasteiger partial charge is 0.335 e. The molecule has 1 N–H and O–H groups in total. The van der Waals surface area contributed by atoms with Crippen molar-refractivity contribution in [3.8, 4) is 0 Å². The second-order valence-electron chi connectivity index (χ2n) is 7.90. The van der Waals surface area contributed by atoms with Crippen LogP contribution in [-0.2, 0) is 10.0 Å². The van der Waals surface area contributed by atoms with Crippen LogP contribution in [0.4, 0.5) is 10.5 Å². The number of hydrogen-bond acceptors (Lipinski definition) is 6. The summed E-state index contributed by atoms with van der Waals surface area (Å²) in [6, 6.07) is 5.55. The Hall–Kier alpha value is -1.36. The summed E-state index contributed by atoms with van der Waals surface area (Å²) in [5, 5.41) is 3.11. The number of carbonyl (C=O) groups excluding carboxylic acids is 1. The molecule has 0 aliphatic carbocycles. The lowest BCUT2D eigenvalue weighted by molar-refractivity contribution is 0.231. The number of piperidine rings is 1. The summed E-state index contributed by atoms with van der Waals surface area (Å²) in [7, 11) is -3.19. The first kappa shape index (κ1) is 23.3. The fourth-order valence-electron chi connectivity index (χ4n) is 3.68. The third-order valence-electron chi connectivity index (χ3n) is 5.30. The first-order valence-electron chi connectivity index (χ1n) is 10.4. The molecule has 1 fully saturated rings. The average Bonchev–Trinajstić information content (AvgIpc) is 3.06. The molecule has 0 unspecified atom stereocenters. The van der Waals surface area contributed by atoms with E-state index in [9.17, 15) is 13.2 Å². The van der Waals surface area contributed by atoms with E-state index in [1.807, 2.05) is 39.0 Å². The van der Waals surface area contributed by atoms with Gasteiger partial charge in [0.25, 0.3) is 0 Å². The molecule has 1 saturated heterocycles. The maximum Gasteiger partial charge on any atom is 0.322 e. The van der Waals surface area contributed by atoms with Gasteiger partial charge >= 0.3 is 6.03 Å². The summed E-state index contributed by atoms with van der Waals surface area (Å²) >= 11 is 5.79. The number of hydrogen-bond donors (Lipinski definition) is 2. The van der Waals surface area contributed by atoms with Gasteiger partial charge in [-0.3, -0.25) is 4.90 Å². The zero-order chi connectivity index (χ0) is 21.9. The fraction of sp³-hybridized carbons (Fsp3) is 0.600. The predicted molar refractivity (Wildman–Crippen MR) is 126 cm³/mol. The van der Waals surface area contributed by atoms with Crippen LogP contribution in [0.5, 0.6) is 0 Å². The Morgan fingerprint density at radius 1 is 1.37 bits per heavy atom. The van der Waals surface area contributed by atoms with E-state index in [-0.39, 0.29) is 23.9 Å². The molecule has 0 atom stereocenters. The second-order valence-corrected chi connectivity index (χ2v) is 11.7. The van der Waals surface area contributed by atoms with E-state index in [1.165, 1.54) is 11.3 Å². The molecule has 0 spiro atoms. The van der Waals surface area contributed by atoms with Gasteiger partial charge in [-0.2, -0.15) is 0 Å². The summed E-state index contributed by atoms with van der Waals surface area (Å²) in [4.78, 5) is 19.2. The topological polar surface area (TPSA) is 82.6 Å². The molecule has 1 aliphatic heterocycles. The van der Waals surface area contributed by atoms with E-state index in [0.717, 1.165) is 22.3 Å². The highest BCUT2D eigenvalue weighted by Gasteiger charge is 2.30. The first-order valence-corrected chi connectivity index (χ1v) is 13.3. The molecule has 0 bridgehead atoms. The molecule has 3 rings (SSSR count). The molecule has 166 valence electrons. The van der Waals surface area contributed by atoms with Gasteiger partial charge in [0.2, 0.25) is 10.0 Å². The van der Waals surface area contributed by atoms with Crippen molar-refractivity contribution in [2.75, 3.05) is 23.7 Å².